The number of thiazole rings is 1. The Balaban J connectivity index is 1.35. The van der Waals surface area contributed by atoms with Crippen LogP contribution in [-0.2, 0) is 6.54 Å². The van der Waals surface area contributed by atoms with Crippen LogP contribution < -0.4 is 0 Å². The van der Waals surface area contributed by atoms with Gasteiger partial charge in [0.15, 0.2) is 0 Å². The molecule has 2 aromatic rings. The molecule has 22 heavy (non-hydrogen) atoms. The lowest BCUT2D eigenvalue weighted by atomic mass is 10.0. The summed E-state index contributed by atoms with van der Waals surface area (Å²) < 4.78 is 0. The molecule has 2 fully saturated rings. The lowest BCUT2D eigenvalue weighted by molar-refractivity contribution is 0.0773. The molecule has 4 rings (SSSR count). The second-order valence-electron chi connectivity index (χ2n) is 6.38. The SMILES string of the molecule is Cc1nc(CN2C[C@H]3CN(C(=O)c4cc[nH]c4)C[C@@H]3C2)cs1. The maximum absolute atomic E-state index is 12.4. The third-order valence-corrected chi connectivity index (χ3v) is 5.57. The average Bonchev–Trinajstić information content (AvgIpc) is 3.21. The van der Waals surface area contributed by atoms with Crippen molar-refractivity contribution in [1.82, 2.24) is 19.8 Å². The van der Waals surface area contributed by atoms with Gasteiger partial charge in [0.05, 0.1) is 16.3 Å². The molecule has 1 amide bonds. The van der Waals surface area contributed by atoms with Crippen molar-refractivity contribution in [2.24, 2.45) is 11.8 Å². The van der Waals surface area contributed by atoms with Gasteiger partial charge < -0.3 is 9.88 Å². The Hall–Kier alpha value is -1.66. The van der Waals surface area contributed by atoms with E-state index in [-0.39, 0.29) is 5.91 Å². The summed E-state index contributed by atoms with van der Waals surface area (Å²) in [7, 11) is 0. The molecular formula is C16H20N4OS. The number of rotatable bonds is 3. The van der Waals surface area contributed by atoms with Gasteiger partial charge in [0, 0.05) is 50.5 Å². The number of amides is 1. The molecule has 0 bridgehead atoms. The summed E-state index contributed by atoms with van der Waals surface area (Å²) in [5, 5.41) is 3.29. The first kappa shape index (κ1) is 14.0. The minimum Gasteiger partial charge on any atom is -0.367 e. The van der Waals surface area contributed by atoms with E-state index in [0.29, 0.717) is 11.8 Å². The summed E-state index contributed by atoms with van der Waals surface area (Å²) in [5.74, 6) is 1.39. The molecule has 2 atom stereocenters. The molecule has 2 aliphatic heterocycles. The number of aromatic amines is 1. The zero-order chi connectivity index (χ0) is 15.1. The lowest BCUT2D eigenvalue weighted by Gasteiger charge is -2.20. The number of aromatic nitrogens is 2. The van der Waals surface area contributed by atoms with Crippen molar-refractivity contribution in [2.75, 3.05) is 26.2 Å². The summed E-state index contributed by atoms with van der Waals surface area (Å²) in [5.41, 5.74) is 1.96. The molecule has 0 unspecified atom stereocenters. The van der Waals surface area contributed by atoms with Crippen molar-refractivity contribution in [2.45, 2.75) is 13.5 Å². The second kappa shape index (κ2) is 5.52. The second-order valence-corrected chi connectivity index (χ2v) is 7.44. The monoisotopic (exact) mass is 316 g/mol. The van der Waals surface area contributed by atoms with Crippen LogP contribution in [-0.4, -0.2) is 51.9 Å². The van der Waals surface area contributed by atoms with Crippen molar-refractivity contribution in [3.8, 4) is 0 Å². The van der Waals surface area contributed by atoms with E-state index >= 15 is 0 Å². The maximum Gasteiger partial charge on any atom is 0.255 e. The number of nitrogens with one attached hydrogen (secondary N) is 1. The molecule has 2 aromatic heterocycles. The Bertz CT molecular complexity index is 652. The van der Waals surface area contributed by atoms with E-state index in [2.05, 4.69) is 27.2 Å². The molecule has 0 aliphatic carbocycles. The number of fused-ring (bicyclic) bond motifs is 1. The van der Waals surface area contributed by atoms with Crippen LogP contribution >= 0.6 is 11.3 Å². The van der Waals surface area contributed by atoms with E-state index in [9.17, 15) is 4.79 Å². The summed E-state index contributed by atoms with van der Waals surface area (Å²) in [6.07, 6.45) is 3.59. The van der Waals surface area contributed by atoms with Crippen LogP contribution in [0.2, 0.25) is 0 Å². The fourth-order valence-corrected chi connectivity index (χ4v) is 4.34. The molecule has 2 aliphatic rings. The van der Waals surface area contributed by atoms with Crippen LogP contribution in [0.25, 0.3) is 0 Å². The average molecular weight is 316 g/mol. The molecule has 2 saturated heterocycles. The minimum atomic E-state index is 0.164. The molecule has 0 saturated carbocycles. The van der Waals surface area contributed by atoms with Crippen LogP contribution in [0.1, 0.15) is 21.1 Å². The normalized spacial score (nSPS) is 24.9. The molecule has 116 valence electrons. The Morgan fingerprint density at radius 3 is 2.73 bits per heavy atom. The summed E-state index contributed by atoms with van der Waals surface area (Å²) in [6.45, 7) is 6.94. The Morgan fingerprint density at radius 1 is 1.36 bits per heavy atom. The Kier molecular flexibility index (Phi) is 3.50. The van der Waals surface area contributed by atoms with Crippen molar-refractivity contribution in [1.29, 1.82) is 0 Å². The van der Waals surface area contributed by atoms with E-state index in [1.54, 1.807) is 17.5 Å². The molecule has 0 aromatic carbocycles. The summed E-state index contributed by atoms with van der Waals surface area (Å²) >= 11 is 1.72. The van der Waals surface area contributed by atoms with Gasteiger partial charge in [-0.1, -0.05) is 0 Å². The van der Waals surface area contributed by atoms with Crippen LogP contribution in [0.3, 0.4) is 0 Å². The van der Waals surface area contributed by atoms with Gasteiger partial charge in [0.1, 0.15) is 0 Å². The van der Waals surface area contributed by atoms with Crippen LogP contribution in [0.4, 0.5) is 0 Å². The zero-order valence-corrected chi connectivity index (χ0v) is 13.5. The predicted octanol–water partition coefficient (Wildman–Crippen LogP) is 1.98. The number of hydrogen-bond donors (Lipinski definition) is 1. The van der Waals surface area contributed by atoms with Crippen molar-refractivity contribution in [3.63, 3.8) is 0 Å². The van der Waals surface area contributed by atoms with Crippen LogP contribution in [0, 0.1) is 18.8 Å². The number of aryl methyl sites for hydroxylation is 1. The van der Waals surface area contributed by atoms with Gasteiger partial charge in [-0.25, -0.2) is 4.98 Å². The molecular weight excluding hydrogens is 296 g/mol. The molecule has 5 nitrogen and oxygen atoms in total. The number of H-pyrrole nitrogens is 1. The molecule has 0 spiro atoms. The maximum atomic E-state index is 12.4. The van der Waals surface area contributed by atoms with Crippen molar-refractivity contribution < 1.29 is 4.79 Å². The zero-order valence-electron chi connectivity index (χ0n) is 12.7. The smallest absolute Gasteiger partial charge is 0.255 e. The summed E-state index contributed by atoms with van der Waals surface area (Å²) in [6, 6.07) is 1.85. The first-order valence-electron chi connectivity index (χ1n) is 7.74. The van der Waals surface area contributed by atoms with E-state index in [1.165, 1.54) is 5.69 Å². The van der Waals surface area contributed by atoms with Gasteiger partial charge in [0.25, 0.3) is 5.91 Å². The standard InChI is InChI=1S/C16H20N4OS/c1-11-18-15(10-22-11)9-19-5-13-7-20(8-14(13)6-19)16(21)12-2-3-17-4-12/h2-4,10,13-14,17H,5-9H2,1H3/t13-,14-/m0/s1. The third kappa shape index (κ3) is 2.57. The highest BCUT2D eigenvalue weighted by molar-refractivity contribution is 7.09. The Morgan fingerprint density at radius 2 is 2.14 bits per heavy atom. The van der Waals surface area contributed by atoms with E-state index in [0.717, 1.165) is 43.3 Å². The number of carbonyl (C=O) groups is 1. The number of hydrogen-bond acceptors (Lipinski definition) is 4. The molecule has 0 radical (unpaired) electrons. The quantitative estimate of drug-likeness (QED) is 0.942. The topological polar surface area (TPSA) is 52.2 Å². The van der Waals surface area contributed by atoms with E-state index in [1.807, 2.05) is 17.2 Å². The van der Waals surface area contributed by atoms with Crippen molar-refractivity contribution >= 4 is 17.2 Å². The van der Waals surface area contributed by atoms with Crippen molar-refractivity contribution in [3.05, 3.63) is 40.1 Å². The summed E-state index contributed by atoms with van der Waals surface area (Å²) in [4.78, 5) is 24.4. The van der Waals surface area contributed by atoms with Crippen LogP contribution in [0.15, 0.2) is 23.8 Å². The van der Waals surface area contributed by atoms with Gasteiger partial charge >= 0.3 is 0 Å². The third-order valence-electron chi connectivity index (χ3n) is 4.75. The predicted molar refractivity (Wildman–Crippen MR) is 85.8 cm³/mol. The first-order valence-corrected chi connectivity index (χ1v) is 8.62. The minimum absolute atomic E-state index is 0.164. The molecule has 1 N–H and O–H groups in total. The van der Waals surface area contributed by atoms with Gasteiger partial charge in [-0.2, -0.15) is 0 Å². The lowest BCUT2D eigenvalue weighted by Crippen LogP contribution is -2.33. The highest BCUT2D eigenvalue weighted by atomic mass is 32.1. The van der Waals surface area contributed by atoms with Gasteiger partial charge in [-0.05, 0) is 24.8 Å². The fraction of sp³-hybridized carbons (Fsp3) is 0.500. The Labute approximate surface area is 134 Å². The number of carbonyl (C=O) groups excluding carboxylic acids is 1. The van der Waals surface area contributed by atoms with Crippen LogP contribution in [0.5, 0.6) is 0 Å². The fourth-order valence-electron chi connectivity index (χ4n) is 3.73. The number of likely N-dealkylation sites (tertiary alicyclic amines) is 2. The molecule has 6 heteroatoms. The largest absolute Gasteiger partial charge is 0.367 e. The van der Waals surface area contributed by atoms with E-state index in [4.69, 9.17) is 0 Å². The highest BCUT2D eigenvalue weighted by Crippen LogP contribution is 2.32. The van der Waals surface area contributed by atoms with Gasteiger partial charge in [-0.15, -0.1) is 11.3 Å². The first-order chi connectivity index (χ1) is 10.7. The number of nitrogens with zero attached hydrogens (tertiary/aromatic N) is 3. The van der Waals surface area contributed by atoms with Gasteiger partial charge in [-0.3, -0.25) is 9.69 Å². The molecule has 4 heterocycles. The highest BCUT2D eigenvalue weighted by Gasteiger charge is 2.41. The van der Waals surface area contributed by atoms with Gasteiger partial charge in [0.2, 0.25) is 0 Å². The van der Waals surface area contributed by atoms with E-state index < -0.39 is 0 Å².